The van der Waals surface area contributed by atoms with E-state index in [-0.39, 0.29) is 30.1 Å². The number of carbonyl (C=O) groups is 2. The van der Waals surface area contributed by atoms with Crippen LogP contribution in [-0.4, -0.2) is 49.4 Å². The summed E-state index contributed by atoms with van der Waals surface area (Å²) in [7, 11) is 1.93. The van der Waals surface area contributed by atoms with E-state index in [0.29, 0.717) is 11.5 Å². The maximum Gasteiger partial charge on any atom is 0.251 e. The summed E-state index contributed by atoms with van der Waals surface area (Å²) < 4.78 is 0. The average Bonchev–Trinajstić information content (AvgIpc) is 3.01. The maximum absolute atomic E-state index is 12.8. The van der Waals surface area contributed by atoms with Gasteiger partial charge in [-0.25, -0.2) is 0 Å². The molecule has 1 heterocycles. The number of nitrogens with one attached hydrogen (secondary N) is 2. The molecule has 6 heteroatoms. The van der Waals surface area contributed by atoms with Crippen LogP contribution in [0.1, 0.15) is 36.2 Å². The van der Waals surface area contributed by atoms with Gasteiger partial charge in [0.25, 0.3) is 5.91 Å². The first-order valence-corrected chi connectivity index (χ1v) is 8.73. The third kappa shape index (κ3) is 5.72. The third-order valence-electron chi connectivity index (χ3n) is 4.62. The Balaban J connectivity index is 0.00000312. The predicted molar refractivity (Wildman–Crippen MR) is 103 cm³/mol. The van der Waals surface area contributed by atoms with Gasteiger partial charge in [-0.05, 0) is 50.9 Å². The number of halogens is 1. The Kier molecular flexibility index (Phi) is 8.39. The number of hydrogen-bond acceptors (Lipinski definition) is 3. The lowest BCUT2D eigenvalue weighted by Gasteiger charge is -2.27. The zero-order chi connectivity index (χ0) is 17.7. The summed E-state index contributed by atoms with van der Waals surface area (Å²) in [5, 5.41) is 6.10. The van der Waals surface area contributed by atoms with Crippen molar-refractivity contribution in [1.29, 1.82) is 0 Å². The van der Waals surface area contributed by atoms with Crippen LogP contribution < -0.4 is 10.6 Å². The first-order valence-electron chi connectivity index (χ1n) is 8.73. The lowest BCUT2D eigenvalue weighted by Crippen LogP contribution is -2.50. The van der Waals surface area contributed by atoms with Crippen LogP contribution in [0, 0.1) is 18.8 Å². The van der Waals surface area contributed by atoms with Gasteiger partial charge in [0, 0.05) is 18.7 Å². The van der Waals surface area contributed by atoms with E-state index in [1.54, 1.807) is 12.1 Å². The molecule has 0 saturated carbocycles. The second-order valence-corrected chi connectivity index (χ2v) is 7.06. The molecule has 2 unspecified atom stereocenters. The van der Waals surface area contributed by atoms with E-state index in [4.69, 9.17) is 0 Å². The van der Waals surface area contributed by atoms with Gasteiger partial charge < -0.3 is 15.5 Å². The SMILES string of the molecule is CNCC1CCN(C(=O)C(NC(=O)c2ccc(C)cc2)C(C)C)C1.Cl. The molecular formula is C19H30ClN3O2. The molecule has 2 N–H and O–H groups in total. The molecule has 0 aliphatic carbocycles. The van der Waals surface area contributed by atoms with Crippen LogP contribution in [0.4, 0.5) is 0 Å². The average molecular weight is 368 g/mol. The second-order valence-electron chi connectivity index (χ2n) is 7.06. The molecule has 1 aliphatic heterocycles. The van der Waals surface area contributed by atoms with Gasteiger partial charge in [-0.1, -0.05) is 31.5 Å². The minimum Gasteiger partial charge on any atom is -0.341 e. The molecule has 1 saturated heterocycles. The fraction of sp³-hybridized carbons (Fsp3) is 0.579. The molecule has 5 nitrogen and oxygen atoms in total. The zero-order valence-corrected chi connectivity index (χ0v) is 16.4. The van der Waals surface area contributed by atoms with Crippen LogP contribution in [0.25, 0.3) is 0 Å². The molecule has 2 amide bonds. The highest BCUT2D eigenvalue weighted by molar-refractivity contribution is 5.97. The van der Waals surface area contributed by atoms with Crippen molar-refractivity contribution >= 4 is 24.2 Å². The van der Waals surface area contributed by atoms with Crippen molar-refractivity contribution in [2.75, 3.05) is 26.7 Å². The highest BCUT2D eigenvalue weighted by Crippen LogP contribution is 2.18. The number of rotatable bonds is 6. The quantitative estimate of drug-likeness (QED) is 0.810. The number of hydrogen-bond donors (Lipinski definition) is 2. The van der Waals surface area contributed by atoms with Crippen molar-refractivity contribution in [3.63, 3.8) is 0 Å². The minimum absolute atomic E-state index is 0. The molecule has 0 bridgehead atoms. The van der Waals surface area contributed by atoms with Crippen molar-refractivity contribution in [3.05, 3.63) is 35.4 Å². The molecule has 1 aromatic rings. The van der Waals surface area contributed by atoms with Crippen molar-refractivity contribution < 1.29 is 9.59 Å². The topological polar surface area (TPSA) is 61.4 Å². The largest absolute Gasteiger partial charge is 0.341 e. The molecule has 2 rings (SSSR count). The van der Waals surface area contributed by atoms with Gasteiger partial charge >= 0.3 is 0 Å². The second kappa shape index (κ2) is 9.78. The van der Waals surface area contributed by atoms with E-state index in [1.807, 2.05) is 44.9 Å². The molecule has 1 aliphatic rings. The normalized spacial score (nSPS) is 18.0. The van der Waals surface area contributed by atoms with E-state index < -0.39 is 6.04 Å². The molecule has 2 atom stereocenters. The van der Waals surface area contributed by atoms with Crippen LogP contribution in [0.5, 0.6) is 0 Å². The zero-order valence-electron chi connectivity index (χ0n) is 15.5. The van der Waals surface area contributed by atoms with Gasteiger partial charge in [0.2, 0.25) is 5.91 Å². The van der Waals surface area contributed by atoms with E-state index in [1.165, 1.54) is 0 Å². The summed E-state index contributed by atoms with van der Waals surface area (Å²) in [6.45, 7) is 8.39. The lowest BCUT2D eigenvalue weighted by molar-refractivity contribution is -0.133. The molecule has 0 radical (unpaired) electrons. The van der Waals surface area contributed by atoms with Crippen molar-refractivity contribution in [1.82, 2.24) is 15.5 Å². The number of nitrogens with zero attached hydrogens (tertiary/aromatic N) is 1. The number of benzene rings is 1. The number of carbonyl (C=O) groups excluding carboxylic acids is 2. The summed E-state index contributed by atoms with van der Waals surface area (Å²) in [6.07, 6.45) is 1.02. The van der Waals surface area contributed by atoms with Crippen LogP contribution in [0.2, 0.25) is 0 Å². The van der Waals surface area contributed by atoms with E-state index in [9.17, 15) is 9.59 Å². The van der Waals surface area contributed by atoms with Gasteiger partial charge in [-0.2, -0.15) is 0 Å². The standard InChI is InChI=1S/C19H29N3O2.ClH/c1-13(2)17(19(24)22-10-9-15(12-22)11-20-4)21-18(23)16-7-5-14(3)6-8-16;/h5-8,13,15,17,20H,9-12H2,1-4H3,(H,21,23);1H. The minimum atomic E-state index is -0.480. The van der Waals surface area contributed by atoms with E-state index in [2.05, 4.69) is 10.6 Å². The Morgan fingerprint density at radius 1 is 1.24 bits per heavy atom. The fourth-order valence-corrected chi connectivity index (χ4v) is 3.13. The fourth-order valence-electron chi connectivity index (χ4n) is 3.13. The Morgan fingerprint density at radius 2 is 1.88 bits per heavy atom. The monoisotopic (exact) mass is 367 g/mol. The van der Waals surface area contributed by atoms with Gasteiger partial charge in [-0.15, -0.1) is 12.4 Å². The maximum atomic E-state index is 12.8. The van der Waals surface area contributed by atoms with Crippen molar-refractivity contribution in [3.8, 4) is 0 Å². The Labute approximate surface area is 157 Å². The highest BCUT2D eigenvalue weighted by atomic mass is 35.5. The van der Waals surface area contributed by atoms with E-state index in [0.717, 1.165) is 31.6 Å². The van der Waals surface area contributed by atoms with Gasteiger partial charge in [0.15, 0.2) is 0 Å². The smallest absolute Gasteiger partial charge is 0.251 e. The number of aryl methyl sites for hydroxylation is 1. The summed E-state index contributed by atoms with van der Waals surface area (Å²) in [4.78, 5) is 27.2. The van der Waals surface area contributed by atoms with Crippen LogP contribution in [0.3, 0.4) is 0 Å². The Hall–Kier alpha value is -1.59. The van der Waals surface area contributed by atoms with Crippen molar-refractivity contribution in [2.45, 2.75) is 33.2 Å². The Morgan fingerprint density at radius 3 is 2.44 bits per heavy atom. The molecule has 0 spiro atoms. The highest BCUT2D eigenvalue weighted by Gasteiger charge is 2.33. The van der Waals surface area contributed by atoms with Crippen LogP contribution >= 0.6 is 12.4 Å². The van der Waals surface area contributed by atoms with Gasteiger partial charge in [0.05, 0.1) is 0 Å². The van der Waals surface area contributed by atoms with E-state index >= 15 is 0 Å². The van der Waals surface area contributed by atoms with Crippen molar-refractivity contribution in [2.24, 2.45) is 11.8 Å². The molecule has 1 aromatic carbocycles. The summed E-state index contributed by atoms with van der Waals surface area (Å²) in [5.41, 5.74) is 1.70. The summed E-state index contributed by atoms with van der Waals surface area (Å²) in [6, 6.07) is 6.93. The third-order valence-corrected chi connectivity index (χ3v) is 4.62. The van der Waals surface area contributed by atoms with Gasteiger partial charge in [-0.3, -0.25) is 9.59 Å². The lowest BCUT2D eigenvalue weighted by atomic mass is 10.0. The molecule has 25 heavy (non-hydrogen) atoms. The van der Waals surface area contributed by atoms with Gasteiger partial charge in [0.1, 0.15) is 6.04 Å². The molecular weight excluding hydrogens is 338 g/mol. The first-order chi connectivity index (χ1) is 11.4. The predicted octanol–water partition coefficient (Wildman–Crippen LogP) is 2.24. The van der Waals surface area contributed by atoms with Crippen LogP contribution in [0.15, 0.2) is 24.3 Å². The summed E-state index contributed by atoms with van der Waals surface area (Å²) >= 11 is 0. The van der Waals surface area contributed by atoms with Crippen LogP contribution in [-0.2, 0) is 4.79 Å². The molecule has 0 aromatic heterocycles. The number of amides is 2. The molecule has 140 valence electrons. The first kappa shape index (κ1) is 21.5. The molecule has 1 fully saturated rings. The Bertz CT molecular complexity index is 575. The number of likely N-dealkylation sites (tertiary alicyclic amines) is 1. The summed E-state index contributed by atoms with van der Waals surface area (Å²) in [5.74, 6) is 0.395.